The summed E-state index contributed by atoms with van der Waals surface area (Å²) >= 11 is 1.55. The molecule has 0 saturated heterocycles. The van der Waals surface area contributed by atoms with E-state index in [0.717, 1.165) is 23.5 Å². The van der Waals surface area contributed by atoms with Crippen LogP contribution in [0.2, 0.25) is 0 Å². The van der Waals surface area contributed by atoms with Gasteiger partial charge in [0.05, 0.1) is 30.1 Å². The minimum atomic E-state index is -2.91. The zero-order chi connectivity index (χ0) is 43.0. The standard InChI is InChI=1S/C41H53NO13S2/c1-8-11-24(43)55-17-40(53,18-56-25(44)12-9-2)19-57-26(45)14-10-13-22-15-16-23-21(5)38(6)30(32(47)27(23)31(22)46)35(50)41(54)34(49)28(36(42)51)33(48)29(20(3)4)39(41,7)37(38)52/h8-10,13,15-16,20-21,28-30,33,35,37,46,48,50,52-54H,1-2,11-12,14,17-19H2,3-7H3,(H2,42,51)/t21-,28-,29+,30-,33?,35?,37-,38+,39+,40?,41+/m1/s1. The van der Waals surface area contributed by atoms with Crippen molar-refractivity contribution >= 4 is 63.3 Å². The summed E-state index contributed by atoms with van der Waals surface area (Å²) in [5, 5.41) is 70.2. The quantitative estimate of drug-likeness (QED) is 0.0761. The lowest BCUT2D eigenvalue weighted by Gasteiger charge is -2.69. The first kappa shape index (κ1) is 46.1. The van der Waals surface area contributed by atoms with Gasteiger partial charge in [-0.25, -0.2) is 0 Å². The molecular formula is C41H53NO13S2. The SMILES string of the molecule is C=CCC(=O)OCC(O)(CSC(=O)CC=C)CSC(=O)CC=Cc1ccc2c(c1O)C(=O)[C@@H]1C(O)[C@@]3(O)C(=O)[C@H](C(N)=O)C(O)[C@H](C(C)C)[C@@]3(C)[C@H](O)[C@@]1(C)[C@@H]2C. The molecule has 3 aliphatic rings. The van der Waals surface area contributed by atoms with Crippen LogP contribution in [0.5, 0.6) is 5.75 Å². The van der Waals surface area contributed by atoms with Crippen molar-refractivity contribution in [2.45, 2.75) is 89.3 Å². The number of hydrogen-bond acceptors (Lipinski definition) is 15. The van der Waals surface area contributed by atoms with Gasteiger partial charge in [0.2, 0.25) is 5.91 Å². The summed E-state index contributed by atoms with van der Waals surface area (Å²) in [6.45, 7) is 14.4. The molecule has 3 aliphatic carbocycles. The molecule has 16 heteroatoms. The predicted molar refractivity (Wildman–Crippen MR) is 214 cm³/mol. The van der Waals surface area contributed by atoms with Crippen molar-refractivity contribution in [2.75, 3.05) is 18.1 Å². The van der Waals surface area contributed by atoms with Gasteiger partial charge in [0.1, 0.15) is 30.0 Å². The Morgan fingerprint density at radius 3 is 2.12 bits per heavy atom. The minimum Gasteiger partial charge on any atom is -0.507 e. The van der Waals surface area contributed by atoms with E-state index in [1.54, 1.807) is 33.8 Å². The largest absolute Gasteiger partial charge is 0.507 e. The number of fused-ring (bicyclic) bond motifs is 3. The Balaban J connectivity index is 1.62. The number of amides is 1. The topological polar surface area (TPSA) is 259 Å². The van der Waals surface area contributed by atoms with Crippen molar-refractivity contribution in [2.24, 2.45) is 40.2 Å². The lowest BCUT2D eigenvalue weighted by atomic mass is 9.36. The summed E-state index contributed by atoms with van der Waals surface area (Å²) in [5.74, 6) is -11.0. The van der Waals surface area contributed by atoms with Crippen LogP contribution in [0.15, 0.2) is 43.5 Å². The molecule has 1 aromatic rings. The number of esters is 1. The molecule has 2 saturated carbocycles. The van der Waals surface area contributed by atoms with Gasteiger partial charge in [-0.1, -0.05) is 94.6 Å². The maximum atomic E-state index is 14.5. The number of ketones is 2. The Kier molecular flexibility index (Phi) is 14.0. The third-order valence-electron chi connectivity index (χ3n) is 12.4. The summed E-state index contributed by atoms with van der Waals surface area (Å²) in [5.41, 5.74) is -2.44. The van der Waals surface area contributed by atoms with Gasteiger partial charge in [-0.15, -0.1) is 13.2 Å². The highest BCUT2D eigenvalue weighted by Gasteiger charge is 2.80. The van der Waals surface area contributed by atoms with E-state index in [4.69, 9.17) is 10.5 Å². The van der Waals surface area contributed by atoms with E-state index in [1.807, 2.05) is 0 Å². The average Bonchev–Trinajstić information content (AvgIpc) is 3.13. The van der Waals surface area contributed by atoms with E-state index in [1.165, 1.54) is 37.3 Å². The summed E-state index contributed by atoms with van der Waals surface area (Å²) in [7, 11) is 0. The van der Waals surface area contributed by atoms with Gasteiger partial charge in [-0.3, -0.25) is 28.8 Å². The first-order chi connectivity index (χ1) is 26.5. The number of hydrogen-bond donors (Lipinski definition) is 7. The molecule has 0 aromatic heterocycles. The number of aliphatic hydroxyl groups excluding tert-OH is 3. The molecule has 3 unspecified atom stereocenters. The number of carbonyl (C=O) groups excluding carboxylic acids is 6. The van der Waals surface area contributed by atoms with E-state index < -0.39 is 111 Å². The Labute approximate surface area is 340 Å². The number of benzene rings is 1. The number of rotatable bonds is 15. The smallest absolute Gasteiger partial charge is 0.309 e. The normalized spacial score (nSPS) is 33.1. The van der Waals surface area contributed by atoms with Gasteiger partial charge in [-0.2, -0.15) is 0 Å². The lowest BCUT2D eigenvalue weighted by molar-refractivity contribution is -0.306. The van der Waals surface area contributed by atoms with Crippen LogP contribution in [-0.2, 0) is 28.7 Å². The zero-order valence-electron chi connectivity index (χ0n) is 32.7. The molecule has 1 aromatic carbocycles. The molecule has 57 heavy (non-hydrogen) atoms. The van der Waals surface area contributed by atoms with Crippen molar-refractivity contribution in [1.29, 1.82) is 0 Å². The Morgan fingerprint density at radius 1 is 1.00 bits per heavy atom. The van der Waals surface area contributed by atoms with Crippen molar-refractivity contribution < 1.29 is 64.1 Å². The van der Waals surface area contributed by atoms with Crippen LogP contribution in [0.3, 0.4) is 0 Å². The molecular weight excluding hydrogens is 779 g/mol. The molecule has 14 nitrogen and oxygen atoms in total. The number of ether oxygens (including phenoxy) is 1. The van der Waals surface area contributed by atoms with Crippen molar-refractivity contribution in [3.8, 4) is 5.75 Å². The van der Waals surface area contributed by atoms with Crippen molar-refractivity contribution in [1.82, 2.24) is 0 Å². The molecule has 2 fully saturated rings. The molecule has 4 rings (SSSR count). The molecule has 8 N–H and O–H groups in total. The maximum Gasteiger partial charge on any atom is 0.309 e. The lowest BCUT2D eigenvalue weighted by Crippen LogP contribution is -2.83. The minimum absolute atomic E-state index is 0.0544. The number of aromatic hydroxyl groups is 1. The number of thioether (sulfide) groups is 2. The van der Waals surface area contributed by atoms with E-state index in [9.17, 15) is 59.4 Å². The molecule has 0 radical (unpaired) electrons. The van der Waals surface area contributed by atoms with E-state index in [2.05, 4.69) is 13.2 Å². The maximum absolute atomic E-state index is 14.5. The fourth-order valence-corrected chi connectivity index (χ4v) is 11.2. The van der Waals surface area contributed by atoms with Crippen LogP contribution in [0.25, 0.3) is 6.08 Å². The van der Waals surface area contributed by atoms with Gasteiger partial charge in [0.15, 0.2) is 27.4 Å². The third kappa shape index (κ3) is 7.81. The molecule has 11 atom stereocenters. The van der Waals surface area contributed by atoms with Gasteiger partial charge < -0.3 is 41.1 Å². The third-order valence-corrected chi connectivity index (χ3v) is 14.7. The van der Waals surface area contributed by atoms with Gasteiger partial charge in [0.25, 0.3) is 0 Å². The number of aliphatic hydroxyl groups is 5. The predicted octanol–water partition coefficient (Wildman–Crippen LogP) is 2.45. The van der Waals surface area contributed by atoms with Crippen LogP contribution in [0, 0.1) is 34.5 Å². The first-order valence-electron chi connectivity index (χ1n) is 18.6. The highest BCUT2D eigenvalue weighted by molar-refractivity contribution is 8.14. The Hall–Kier alpha value is -3.64. The Morgan fingerprint density at radius 2 is 1.58 bits per heavy atom. The molecule has 0 aliphatic heterocycles. The van der Waals surface area contributed by atoms with Gasteiger partial charge in [-0.05, 0) is 23.3 Å². The molecule has 1 amide bonds. The number of primary amides is 1. The molecule has 0 spiro atoms. The Bertz CT molecular complexity index is 1840. The summed E-state index contributed by atoms with van der Waals surface area (Å²) in [6.07, 6.45) is -0.304. The van der Waals surface area contributed by atoms with Crippen molar-refractivity contribution in [3.05, 3.63) is 60.2 Å². The number of Topliss-reactive ketones (excluding diaryl/α,β-unsaturated/α-hetero) is 2. The first-order valence-corrected chi connectivity index (χ1v) is 20.6. The molecule has 0 bridgehead atoms. The second-order valence-electron chi connectivity index (χ2n) is 16.1. The number of nitrogens with two attached hydrogens (primary N) is 1. The van der Waals surface area contributed by atoms with E-state index in [0.29, 0.717) is 5.56 Å². The molecule has 312 valence electrons. The van der Waals surface area contributed by atoms with Crippen LogP contribution >= 0.6 is 23.5 Å². The summed E-state index contributed by atoms with van der Waals surface area (Å²) < 4.78 is 5.12. The monoisotopic (exact) mass is 831 g/mol. The van der Waals surface area contributed by atoms with Crippen LogP contribution in [0.1, 0.15) is 81.3 Å². The number of carbonyl (C=O) groups is 6. The number of allylic oxidation sites excluding steroid dienone is 2. The van der Waals surface area contributed by atoms with E-state index in [-0.39, 0.29) is 47.0 Å². The molecule has 0 heterocycles. The fraction of sp³-hybridized carbons (Fsp3) is 0.561. The summed E-state index contributed by atoms with van der Waals surface area (Å²) in [4.78, 5) is 77.9. The average molecular weight is 832 g/mol. The highest BCUT2D eigenvalue weighted by atomic mass is 32.2. The van der Waals surface area contributed by atoms with Crippen molar-refractivity contribution in [3.63, 3.8) is 0 Å². The number of phenolic OH excluding ortho intramolecular Hbond substituents is 1. The number of phenols is 1. The second-order valence-corrected chi connectivity index (χ2v) is 18.2. The van der Waals surface area contributed by atoms with Crippen LogP contribution < -0.4 is 5.73 Å². The van der Waals surface area contributed by atoms with Crippen LogP contribution in [-0.4, -0.2) is 112 Å². The zero-order valence-corrected chi connectivity index (χ0v) is 34.3. The van der Waals surface area contributed by atoms with Crippen LogP contribution in [0.4, 0.5) is 0 Å². The highest BCUT2D eigenvalue weighted by Crippen LogP contribution is 2.68. The van der Waals surface area contributed by atoms with E-state index >= 15 is 0 Å². The fourth-order valence-electron chi connectivity index (χ4n) is 9.37. The second kappa shape index (κ2) is 17.3. The van der Waals surface area contributed by atoms with Gasteiger partial charge >= 0.3 is 5.97 Å². The van der Waals surface area contributed by atoms with Gasteiger partial charge in [0, 0.05) is 40.7 Å². The summed E-state index contributed by atoms with van der Waals surface area (Å²) in [6, 6.07) is 3.08.